The van der Waals surface area contributed by atoms with E-state index in [1.807, 2.05) is 0 Å². The van der Waals surface area contributed by atoms with Crippen LogP contribution in [0.15, 0.2) is 24.4 Å². The van der Waals surface area contributed by atoms with E-state index in [1.165, 1.54) is 17.4 Å². The molecule has 0 saturated heterocycles. The quantitative estimate of drug-likeness (QED) is 0.913. The number of hydrogen-bond acceptors (Lipinski definition) is 3. The summed E-state index contributed by atoms with van der Waals surface area (Å²) in [6, 6.07) is 4.65. The first-order chi connectivity index (χ1) is 7.15. The zero-order valence-corrected chi connectivity index (χ0v) is 10.5. The molecule has 0 aliphatic carbocycles. The number of nitrogens with zero attached hydrogens (tertiary/aromatic N) is 1. The lowest BCUT2D eigenvalue weighted by atomic mass is 10.1. The van der Waals surface area contributed by atoms with Gasteiger partial charge in [0.15, 0.2) is 5.13 Å². The van der Waals surface area contributed by atoms with Crippen LogP contribution in [0.3, 0.4) is 0 Å². The third-order valence-corrected chi connectivity index (χ3v) is 3.01. The number of thiazole rings is 1. The van der Waals surface area contributed by atoms with E-state index in [1.54, 1.807) is 18.3 Å². The summed E-state index contributed by atoms with van der Waals surface area (Å²) in [6.45, 7) is 0. The first-order valence-corrected chi connectivity index (χ1v) is 5.48. The molecule has 2 rings (SSSR count). The number of aromatic nitrogens is 1. The highest BCUT2D eigenvalue weighted by Gasteiger charge is 2.06. The second-order valence-electron chi connectivity index (χ2n) is 3.08. The molecule has 0 aliphatic heterocycles. The van der Waals surface area contributed by atoms with Crippen LogP contribution in [-0.2, 0) is 6.42 Å². The highest BCUT2D eigenvalue weighted by Crippen LogP contribution is 2.21. The van der Waals surface area contributed by atoms with Crippen LogP contribution in [0.4, 0.5) is 9.52 Å². The lowest BCUT2D eigenvalue weighted by Gasteiger charge is -2.00. The molecule has 16 heavy (non-hydrogen) atoms. The molecule has 6 heteroatoms. The molecular formula is C10H9Cl2FN2S. The van der Waals surface area contributed by atoms with Crippen LogP contribution in [0.25, 0.3) is 0 Å². The van der Waals surface area contributed by atoms with Crippen molar-refractivity contribution in [1.29, 1.82) is 0 Å². The summed E-state index contributed by atoms with van der Waals surface area (Å²) < 4.78 is 13.4. The molecule has 2 N–H and O–H groups in total. The summed E-state index contributed by atoms with van der Waals surface area (Å²) in [4.78, 5) is 4.85. The summed E-state index contributed by atoms with van der Waals surface area (Å²) in [5.74, 6) is -0.297. The second-order valence-corrected chi connectivity index (χ2v) is 4.66. The minimum Gasteiger partial charge on any atom is -0.375 e. The normalized spacial score (nSPS) is 9.88. The molecule has 2 nitrogen and oxygen atoms in total. The van der Waals surface area contributed by atoms with E-state index in [0.717, 1.165) is 4.88 Å². The predicted molar refractivity (Wildman–Crippen MR) is 68.0 cm³/mol. The van der Waals surface area contributed by atoms with Gasteiger partial charge in [0.05, 0.1) is 0 Å². The van der Waals surface area contributed by atoms with E-state index in [4.69, 9.17) is 17.3 Å². The summed E-state index contributed by atoms with van der Waals surface area (Å²) in [5.41, 5.74) is 6.09. The molecule has 0 saturated carbocycles. The monoisotopic (exact) mass is 278 g/mol. The van der Waals surface area contributed by atoms with Crippen LogP contribution in [0.2, 0.25) is 5.02 Å². The molecule has 0 amide bonds. The van der Waals surface area contributed by atoms with E-state index in [0.29, 0.717) is 22.1 Å². The van der Waals surface area contributed by atoms with Crippen molar-refractivity contribution in [3.8, 4) is 0 Å². The fourth-order valence-electron chi connectivity index (χ4n) is 1.26. The van der Waals surface area contributed by atoms with Crippen molar-refractivity contribution in [3.05, 3.63) is 45.7 Å². The smallest absolute Gasteiger partial charge is 0.180 e. The Labute approximate surface area is 108 Å². The summed E-state index contributed by atoms with van der Waals surface area (Å²) in [5, 5.41) is 0.902. The molecule has 2 aromatic rings. The average molecular weight is 279 g/mol. The van der Waals surface area contributed by atoms with E-state index in [-0.39, 0.29) is 18.2 Å². The molecule has 0 fully saturated rings. The Hall–Kier alpha value is -0.840. The molecule has 0 unspecified atom stereocenters. The molecule has 0 radical (unpaired) electrons. The number of anilines is 1. The maximum Gasteiger partial charge on any atom is 0.180 e. The number of halogens is 3. The largest absolute Gasteiger partial charge is 0.375 e. The maximum atomic E-state index is 13.4. The van der Waals surface area contributed by atoms with Crippen molar-refractivity contribution in [2.75, 3.05) is 5.73 Å². The lowest BCUT2D eigenvalue weighted by Crippen LogP contribution is -1.89. The molecule has 0 spiro atoms. The Bertz CT molecular complexity index is 487. The van der Waals surface area contributed by atoms with Crippen LogP contribution in [-0.4, -0.2) is 4.98 Å². The molecule has 1 aromatic heterocycles. The van der Waals surface area contributed by atoms with Crippen LogP contribution in [0.1, 0.15) is 10.4 Å². The fraction of sp³-hybridized carbons (Fsp3) is 0.100. The zero-order valence-electron chi connectivity index (χ0n) is 8.11. The van der Waals surface area contributed by atoms with Crippen molar-refractivity contribution in [2.45, 2.75) is 6.42 Å². The second kappa shape index (κ2) is 5.48. The molecule has 1 aromatic carbocycles. The molecule has 86 valence electrons. The van der Waals surface area contributed by atoms with E-state index >= 15 is 0 Å². The third-order valence-electron chi connectivity index (χ3n) is 1.95. The Morgan fingerprint density at radius 2 is 2.19 bits per heavy atom. The van der Waals surface area contributed by atoms with Gasteiger partial charge in [-0.15, -0.1) is 23.7 Å². The van der Waals surface area contributed by atoms with Gasteiger partial charge >= 0.3 is 0 Å². The number of nitrogen functional groups attached to an aromatic ring is 1. The van der Waals surface area contributed by atoms with Crippen LogP contribution < -0.4 is 5.73 Å². The average Bonchev–Trinajstić information content (AvgIpc) is 2.56. The number of rotatable bonds is 2. The molecular weight excluding hydrogens is 270 g/mol. The van der Waals surface area contributed by atoms with Gasteiger partial charge in [0.1, 0.15) is 5.82 Å². The van der Waals surface area contributed by atoms with Gasteiger partial charge in [-0.25, -0.2) is 9.37 Å². The van der Waals surface area contributed by atoms with Gasteiger partial charge in [0.2, 0.25) is 0 Å². The van der Waals surface area contributed by atoms with Gasteiger partial charge in [-0.1, -0.05) is 17.7 Å². The van der Waals surface area contributed by atoms with Crippen molar-refractivity contribution in [2.24, 2.45) is 0 Å². The number of nitrogens with two attached hydrogens (primary N) is 1. The van der Waals surface area contributed by atoms with Crippen molar-refractivity contribution in [3.63, 3.8) is 0 Å². The van der Waals surface area contributed by atoms with E-state index in [2.05, 4.69) is 4.98 Å². The Morgan fingerprint density at radius 3 is 2.75 bits per heavy atom. The van der Waals surface area contributed by atoms with Gasteiger partial charge in [0, 0.05) is 22.5 Å². The maximum absolute atomic E-state index is 13.4. The van der Waals surface area contributed by atoms with Crippen molar-refractivity contribution < 1.29 is 4.39 Å². The fourth-order valence-corrected chi connectivity index (χ4v) is 2.12. The predicted octanol–water partition coefficient (Wildman–Crippen LogP) is 3.53. The number of benzene rings is 1. The Morgan fingerprint density at radius 1 is 1.44 bits per heavy atom. The Kier molecular flexibility index (Phi) is 4.53. The first-order valence-electron chi connectivity index (χ1n) is 4.29. The minimum atomic E-state index is -0.297. The van der Waals surface area contributed by atoms with Gasteiger partial charge in [-0.05, 0) is 17.7 Å². The highest BCUT2D eigenvalue weighted by molar-refractivity contribution is 7.15. The third kappa shape index (κ3) is 3.07. The topological polar surface area (TPSA) is 38.9 Å². The molecule has 0 aliphatic rings. The van der Waals surface area contributed by atoms with Crippen LogP contribution >= 0.6 is 35.3 Å². The van der Waals surface area contributed by atoms with Crippen LogP contribution in [0, 0.1) is 5.82 Å². The summed E-state index contributed by atoms with van der Waals surface area (Å²) >= 11 is 7.02. The lowest BCUT2D eigenvalue weighted by molar-refractivity contribution is 0.614. The van der Waals surface area contributed by atoms with Gasteiger partial charge < -0.3 is 5.73 Å². The van der Waals surface area contributed by atoms with Gasteiger partial charge in [-0.3, -0.25) is 0 Å². The van der Waals surface area contributed by atoms with Crippen LogP contribution in [0.5, 0.6) is 0 Å². The number of hydrogen-bond donors (Lipinski definition) is 1. The molecule has 0 atom stereocenters. The highest BCUT2D eigenvalue weighted by atomic mass is 35.5. The Balaban J connectivity index is 0.00000128. The molecule has 1 heterocycles. The van der Waals surface area contributed by atoms with Gasteiger partial charge in [-0.2, -0.15) is 0 Å². The van der Waals surface area contributed by atoms with E-state index in [9.17, 15) is 4.39 Å². The standard InChI is InChI=1S/C10H8ClFN2S.ClH/c11-7-2-1-6(9(12)4-7)3-8-5-14-10(13)15-8;/h1-2,4-5H,3H2,(H2,13,14);1H. The minimum absolute atomic E-state index is 0. The SMILES string of the molecule is Cl.Nc1ncc(Cc2ccc(Cl)cc2F)s1. The van der Waals surface area contributed by atoms with Gasteiger partial charge in [0.25, 0.3) is 0 Å². The van der Waals surface area contributed by atoms with Crippen molar-refractivity contribution >= 4 is 40.5 Å². The molecule has 0 bridgehead atoms. The van der Waals surface area contributed by atoms with Crippen molar-refractivity contribution in [1.82, 2.24) is 4.98 Å². The zero-order chi connectivity index (χ0) is 10.8. The van der Waals surface area contributed by atoms with E-state index < -0.39 is 0 Å². The summed E-state index contributed by atoms with van der Waals surface area (Å²) in [7, 11) is 0. The summed E-state index contributed by atoms with van der Waals surface area (Å²) in [6.07, 6.45) is 2.16. The first kappa shape index (κ1) is 13.2.